The first kappa shape index (κ1) is 8.22. The van der Waals surface area contributed by atoms with E-state index in [9.17, 15) is 14.4 Å². The van der Waals surface area contributed by atoms with E-state index in [-0.39, 0.29) is 5.75 Å². The predicted octanol–water partition coefficient (Wildman–Crippen LogP) is -1.77. The molecule has 1 fully saturated rings. The Morgan fingerprint density at radius 2 is 2.09 bits per heavy atom. The molecule has 1 aliphatic rings. The van der Waals surface area contributed by atoms with Crippen LogP contribution < -0.4 is 10.5 Å². The summed E-state index contributed by atoms with van der Waals surface area (Å²) in [5.74, 6) is -2.06. The van der Waals surface area contributed by atoms with Crippen molar-refractivity contribution < 1.29 is 14.4 Å². The van der Waals surface area contributed by atoms with Crippen molar-refractivity contribution in [3.8, 4) is 0 Å². The molecule has 11 heavy (non-hydrogen) atoms. The predicted molar refractivity (Wildman–Crippen MR) is 38.6 cm³/mol. The number of nitrogens with two attached hydrogens (primary N) is 1. The van der Waals surface area contributed by atoms with Gasteiger partial charge in [-0.1, -0.05) is 0 Å². The second-order valence-electron chi connectivity index (χ2n) is 2.02. The standard InChI is InChI=1S/C5H6N2O3S/c6-3-4(9)2(8)1-11-7-5(3)10/h3H,1,6H2,(H,7,10). The molecule has 1 unspecified atom stereocenters. The number of nitrogens with one attached hydrogen (secondary N) is 1. The van der Waals surface area contributed by atoms with Gasteiger partial charge in [0.15, 0.2) is 6.04 Å². The lowest BCUT2D eigenvalue weighted by Crippen LogP contribution is -2.44. The Hall–Kier alpha value is -0.880. The third kappa shape index (κ3) is 1.58. The van der Waals surface area contributed by atoms with Gasteiger partial charge in [0, 0.05) is 0 Å². The maximum absolute atomic E-state index is 10.8. The number of carbonyl (C=O) groups excluding carboxylic acids is 3. The third-order valence-corrected chi connectivity index (χ3v) is 1.97. The number of ketones is 2. The lowest BCUT2D eigenvalue weighted by atomic mass is 10.1. The van der Waals surface area contributed by atoms with Crippen LogP contribution in [0.3, 0.4) is 0 Å². The number of hydrogen-bond donors (Lipinski definition) is 2. The van der Waals surface area contributed by atoms with E-state index in [4.69, 9.17) is 5.73 Å². The summed E-state index contributed by atoms with van der Waals surface area (Å²) in [5.41, 5.74) is 5.12. The van der Waals surface area contributed by atoms with E-state index in [1.54, 1.807) is 0 Å². The first-order valence-electron chi connectivity index (χ1n) is 2.87. The molecule has 0 aliphatic carbocycles. The van der Waals surface area contributed by atoms with Gasteiger partial charge in [0.05, 0.1) is 5.75 Å². The molecule has 1 amide bonds. The summed E-state index contributed by atoms with van der Waals surface area (Å²) < 4.78 is 2.27. The van der Waals surface area contributed by atoms with E-state index in [2.05, 4.69) is 4.72 Å². The molecule has 6 heteroatoms. The molecule has 0 spiro atoms. The monoisotopic (exact) mass is 174 g/mol. The summed E-state index contributed by atoms with van der Waals surface area (Å²) in [5, 5.41) is 0. The van der Waals surface area contributed by atoms with E-state index < -0.39 is 23.5 Å². The molecule has 3 N–H and O–H groups in total. The highest BCUT2D eigenvalue weighted by Gasteiger charge is 2.30. The van der Waals surface area contributed by atoms with E-state index >= 15 is 0 Å². The van der Waals surface area contributed by atoms with Crippen LogP contribution in [0.5, 0.6) is 0 Å². The normalized spacial score (nSPS) is 26.3. The largest absolute Gasteiger partial charge is 0.313 e. The van der Waals surface area contributed by atoms with Crippen molar-refractivity contribution in [3.63, 3.8) is 0 Å². The van der Waals surface area contributed by atoms with E-state index in [1.807, 2.05) is 0 Å². The Kier molecular flexibility index (Phi) is 2.25. The number of hydrogen-bond acceptors (Lipinski definition) is 5. The summed E-state index contributed by atoms with van der Waals surface area (Å²) in [6, 6.07) is -1.32. The summed E-state index contributed by atoms with van der Waals surface area (Å²) >= 11 is 0.890. The number of Topliss-reactive ketones (excluding diaryl/α,β-unsaturated/α-hetero) is 2. The quantitative estimate of drug-likeness (QED) is 0.258. The molecule has 0 aromatic carbocycles. The minimum absolute atomic E-state index is 0.0295. The second-order valence-corrected chi connectivity index (χ2v) is 2.80. The molecule has 0 aromatic heterocycles. The summed E-state index contributed by atoms with van der Waals surface area (Å²) in [7, 11) is 0. The van der Waals surface area contributed by atoms with Crippen LogP contribution in [-0.4, -0.2) is 29.3 Å². The highest BCUT2D eigenvalue weighted by molar-refractivity contribution is 7.98. The van der Waals surface area contributed by atoms with Crippen molar-refractivity contribution in [1.29, 1.82) is 0 Å². The fourth-order valence-electron chi connectivity index (χ4n) is 0.600. The topological polar surface area (TPSA) is 89.3 Å². The minimum atomic E-state index is -1.32. The second kappa shape index (κ2) is 3.02. The molecule has 1 rings (SSSR count). The highest BCUT2D eigenvalue weighted by atomic mass is 32.2. The van der Waals surface area contributed by atoms with Gasteiger partial charge in [-0.15, -0.1) is 0 Å². The van der Waals surface area contributed by atoms with Crippen LogP contribution in [0.25, 0.3) is 0 Å². The van der Waals surface area contributed by atoms with Gasteiger partial charge in [-0.3, -0.25) is 19.1 Å². The third-order valence-electron chi connectivity index (χ3n) is 1.22. The van der Waals surface area contributed by atoms with Crippen LogP contribution in [0.1, 0.15) is 0 Å². The fourth-order valence-corrected chi connectivity index (χ4v) is 1.21. The first-order valence-corrected chi connectivity index (χ1v) is 3.86. The molecule has 0 saturated carbocycles. The molecule has 1 aliphatic heterocycles. The van der Waals surface area contributed by atoms with Crippen LogP contribution in [0.4, 0.5) is 0 Å². The van der Waals surface area contributed by atoms with Crippen molar-refractivity contribution in [2.24, 2.45) is 5.73 Å². The van der Waals surface area contributed by atoms with Crippen LogP contribution in [0.2, 0.25) is 0 Å². The van der Waals surface area contributed by atoms with Crippen LogP contribution in [-0.2, 0) is 14.4 Å². The smallest absolute Gasteiger partial charge is 0.254 e. The number of rotatable bonds is 0. The number of carbonyl (C=O) groups is 3. The molecule has 5 nitrogen and oxygen atoms in total. The SMILES string of the molecule is NC1C(=O)NSCC(=O)C1=O. The van der Waals surface area contributed by atoms with E-state index in [0.29, 0.717) is 0 Å². The Morgan fingerprint density at radius 1 is 1.45 bits per heavy atom. The van der Waals surface area contributed by atoms with Gasteiger partial charge in [0.2, 0.25) is 11.6 Å². The molecular formula is C5H6N2O3S. The molecule has 1 atom stereocenters. The maximum atomic E-state index is 10.8. The van der Waals surface area contributed by atoms with Gasteiger partial charge in [-0.05, 0) is 11.9 Å². The highest BCUT2D eigenvalue weighted by Crippen LogP contribution is 2.02. The maximum Gasteiger partial charge on any atom is 0.254 e. The summed E-state index contributed by atoms with van der Waals surface area (Å²) in [6.07, 6.45) is 0. The molecule has 1 heterocycles. The van der Waals surface area contributed by atoms with Crippen molar-refractivity contribution in [2.45, 2.75) is 6.04 Å². The van der Waals surface area contributed by atoms with Gasteiger partial charge < -0.3 is 5.73 Å². The van der Waals surface area contributed by atoms with Crippen LogP contribution in [0.15, 0.2) is 0 Å². The van der Waals surface area contributed by atoms with Crippen molar-refractivity contribution in [2.75, 3.05) is 5.75 Å². The Morgan fingerprint density at radius 3 is 2.73 bits per heavy atom. The van der Waals surface area contributed by atoms with Crippen molar-refractivity contribution in [1.82, 2.24) is 4.72 Å². The van der Waals surface area contributed by atoms with Gasteiger partial charge >= 0.3 is 0 Å². The first-order chi connectivity index (χ1) is 5.13. The zero-order valence-electron chi connectivity index (χ0n) is 5.49. The Balaban J connectivity index is 2.82. The fraction of sp³-hybridized carbons (Fsp3) is 0.400. The summed E-state index contributed by atoms with van der Waals surface area (Å²) in [4.78, 5) is 32.3. The van der Waals surface area contributed by atoms with Crippen molar-refractivity contribution in [3.05, 3.63) is 0 Å². The van der Waals surface area contributed by atoms with Gasteiger partial charge in [-0.25, -0.2) is 0 Å². The lowest BCUT2D eigenvalue weighted by Gasteiger charge is -2.01. The zero-order valence-corrected chi connectivity index (χ0v) is 6.31. The minimum Gasteiger partial charge on any atom is -0.313 e. The molecule has 0 aromatic rings. The van der Waals surface area contributed by atoms with Crippen molar-refractivity contribution >= 4 is 29.4 Å². The Bertz CT molecular complexity index is 228. The van der Waals surface area contributed by atoms with E-state index in [0.717, 1.165) is 11.9 Å². The molecular weight excluding hydrogens is 168 g/mol. The van der Waals surface area contributed by atoms with Gasteiger partial charge in [-0.2, -0.15) is 0 Å². The van der Waals surface area contributed by atoms with Gasteiger partial charge in [0.25, 0.3) is 5.91 Å². The Labute approximate surface area is 66.8 Å². The molecule has 0 radical (unpaired) electrons. The lowest BCUT2D eigenvalue weighted by molar-refractivity contribution is -0.138. The molecule has 1 saturated heterocycles. The zero-order chi connectivity index (χ0) is 8.43. The molecule has 0 bridgehead atoms. The average molecular weight is 174 g/mol. The van der Waals surface area contributed by atoms with Crippen LogP contribution in [0, 0.1) is 0 Å². The van der Waals surface area contributed by atoms with E-state index in [1.165, 1.54) is 0 Å². The number of amides is 1. The van der Waals surface area contributed by atoms with Crippen LogP contribution >= 0.6 is 11.9 Å². The summed E-state index contributed by atoms with van der Waals surface area (Å²) in [6.45, 7) is 0. The van der Waals surface area contributed by atoms with Gasteiger partial charge in [0.1, 0.15) is 0 Å². The molecule has 60 valence electrons. The average Bonchev–Trinajstić information content (AvgIpc) is 2.07.